The molecule has 0 aromatic carbocycles. The van der Waals surface area contributed by atoms with Crippen LogP contribution < -0.4 is 0 Å². The van der Waals surface area contributed by atoms with Crippen LogP contribution in [0.1, 0.15) is 25.7 Å². The smallest absolute Gasteiger partial charge is 0.308 e. The fourth-order valence-corrected chi connectivity index (χ4v) is 2.70. The van der Waals surface area contributed by atoms with Crippen LogP contribution in [0.4, 0.5) is 0 Å². The molecule has 0 aromatic heterocycles. The van der Waals surface area contributed by atoms with Crippen molar-refractivity contribution in [2.45, 2.75) is 25.7 Å². The van der Waals surface area contributed by atoms with E-state index in [9.17, 15) is 9.59 Å². The fourth-order valence-electron chi connectivity index (χ4n) is 2.70. The highest BCUT2D eigenvalue weighted by atomic mass is 16.5. The Morgan fingerprint density at radius 2 is 2.06 bits per heavy atom. The van der Waals surface area contributed by atoms with Crippen molar-refractivity contribution in [1.82, 2.24) is 4.90 Å². The summed E-state index contributed by atoms with van der Waals surface area (Å²) in [4.78, 5) is 24.7. The summed E-state index contributed by atoms with van der Waals surface area (Å²) in [6.07, 6.45) is 6.97. The summed E-state index contributed by atoms with van der Waals surface area (Å²) in [6, 6.07) is 0. The van der Waals surface area contributed by atoms with Crippen LogP contribution in [0.2, 0.25) is 0 Å². The van der Waals surface area contributed by atoms with Crippen LogP contribution in [-0.4, -0.2) is 30.4 Å². The molecule has 4 heteroatoms. The van der Waals surface area contributed by atoms with Crippen molar-refractivity contribution in [2.24, 2.45) is 11.8 Å². The Morgan fingerprint density at radius 1 is 1.39 bits per heavy atom. The van der Waals surface area contributed by atoms with Crippen molar-refractivity contribution in [3.63, 3.8) is 0 Å². The third-order valence-electron chi connectivity index (χ3n) is 3.85. The molecule has 1 aliphatic carbocycles. The molecule has 0 N–H and O–H groups in total. The van der Waals surface area contributed by atoms with Gasteiger partial charge in [0, 0.05) is 18.3 Å². The second kappa shape index (κ2) is 5.38. The van der Waals surface area contributed by atoms with E-state index in [1.165, 1.54) is 7.11 Å². The zero-order chi connectivity index (χ0) is 13.1. The molecule has 18 heavy (non-hydrogen) atoms. The molecule has 0 radical (unpaired) electrons. The molecule has 0 unspecified atom stereocenters. The molecule has 4 nitrogen and oxygen atoms in total. The zero-order valence-corrected chi connectivity index (χ0v) is 10.7. The Morgan fingerprint density at radius 3 is 2.56 bits per heavy atom. The maximum Gasteiger partial charge on any atom is 0.308 e. The van der Waals surface area contributed by atoms with E-state index in [2.05, 4.69) is 6.58 Å². The number of nitrogens with zero attached hydrogens (tertiary/aromatic N) is 1. The van der Waals surface area contributed by atoms with Crippen molar-refractivity contribution in [3.05, 3.63) is 24.4 Å². The average molecular weight is 249 g/mol. The number of hydrogen-bond donors (Lipinski definition) is 0. The van der Waals surface area contributed by atoms with Gasteiger partial charge in [0.25, 0.3) is 5.91 Å². The van der Waals surface area contributed by atoms with Crippen molar-refractivity contribution < 1.29 is 14.3 Å². The molecule has 1 aliphatic heterocycles. The topological polar surface area (TPSA) is 46.6 Å². The highest BCUT2D eigenvalue weighted by Crippen LogP contribution is 2.31. The van der Waals surface area contributed by atoms with Crippen LogP contribution in [-0.2, 0) is 14.3 Å². The van der Waals surface area contributed by atoms with Crippen molar-refractivity contribution >= 4 is 11.9 Å². The van der Waals surface area contributed by atoms with E-state index < -0.39 is 0 Å². The Balaban J connectivity index is 1.82. The average Bonchev–Trinajstić information content (AvgIpc) is 2.70. The lowest BCUT2D eigenvalue weighted by Gasteiger charge is -2.30. The standard InChI is InChI=1S/C14H19NO3/c1-10-3-8-13(16)15(10)9-11-4-6-12(7-5-11)14(17)18-2/h3,8,11-12H,1,4-7,9H2,2H3. The maximum absolute atomic E-state index is 11.6. The van der Waals surface area contributed by atoms with Crippen molar-refractivity contribution in [1.29, 1.82) is 0 Å². The SMILES string of the molecule is C=C1C=CC(=O)N1CC1CCC(C(=O)OC)CC1. The molecule has 2 aliphatic rings. The molecular formula is C14H19NO3. The molecule has 2 rings (SSSR count). The van der Waals surface area contributed by atoms with Gasteiger partial charge in [-0.3, -0.25) is 9.59 Å². The van der Waals surface area contributed by atoms with Crippen LogP contribution in [0, 0.1) is 11.8 Å². The van der Waals surface area contributed by atoms with Gasteiger partial charge in [0.05, 0.1) is 13.0 Å². The molecule has 0 aromatic rings. The monoisotopic (exact) mass is 249 g/mol. The number of esters is 1. The van der Waals surface area contributed by atoms with Gasteiger partial charge in [-0.25, -0.2) is 0 Å². The van der Waals surface area contributed by atoms with Crippen LogP contribution >= 0.6 is 0 Å². The molecule has 1 heterocycles. The summed E-state index contributed by atoms with van der Waals surface area (Å²) in [5.41, 5.74) is 0.773. The van der Waals surface area contributed by atoms with Gasteiger partial charge in [0.1, 0.15) is 0 Å². The largest absolute Gasteiger partial charge is 0.469 e. The number of carbonyl (C=O) groups is 2. The summed E-state index contributed by atoms with van der Waals surface area (Å²) in [5.74, 6) is 0.431. The van der Waals surface area contributed by atoms with Gasteiger partial charge in [-0.05, 0) is 37.7 Å². The van der Waals surface area contributed by atoms with E-state index in [0.717, 1.165) is 37.9 Å². The second-order valence-corrected chi connectivity index (χ2v) is 5.01. The fraction of sp³-hybridized carbons (Fsp3) is 0.571. The maximum atomic E-state index is 11.6. The van der Waals surface area contributed by atoms with Crippen LogP contribution in [0.25, 0.3) is 0 Å². The number of amides is 1. The molecule has 1 amide bonds. The first-order chi connectivity index (χ1) is 8.61. The quantitative estimate of drug-likeness (QED) is 0.717. The van der Waals surface area contributed by atoms with E-state index in [-0.39, 0.29) is 17.8 Å². The summed E-state index contributed by atoms with van der Waals surface area (Å²) in [6.45, 7) is 4.57. The van der Waals surface area contributed by atoms with Crippen molar-refractivity contribution in [2.75, 3.05) is 13.7 Å². The van der Waals surface area contributed by atoms with E-state index in [1.54, 1.807) is 17.1 Å². The number of rotatable bonds is 3. The molecule has 1 fully saturated rings. The van der Waals surface area contributed by atoms with E-state index in [1.807, 2.05) is 0 Å². The predicted octanol–water partition coefficient (Wildman–Crippen LogP) is 1.88. The van der Waals surface area contributed by atoms with E-state index in [4.69, 9.17) is 4.74 Å². The Kier molecular flexibility index (Phi) is 3.84. The minimum Gasteiger partial charge on any atom is -0.469 e. The molecule has 0 saturated heterocycles. The first-order valence-corrected chi connectivity index (χ1v) is 6.38. The number of methoxy groups -OCH3 is 1. The first-order valence-electron chi connectivity index (χ1n) is 6.38. The Labute approximate surface area is 107 Å². The van der Waals surface area contributed by atoms with Crippen LogP contribution in [0.5, 0.6) is 0 Å². The van der Waals surface area contributed by atoms with Crippen LogP contribution in [0.15, 0.2) is 24.4 Å². The normalized spacial score (nSPS) is 27.7. The summed E-state index contributed by atoms with van der Waals surface area (Å²) < 4.78 is 4.76. The van der Waals surface area contributed by atoms with Gasteiger partial charge in [-0.15, -0.1) is 0 Å². The zero-order valence-electron chi connectivity index (χ0n) is 10.7. The third kappa shape index (κ3) is 2.63. The lowest BCUT2D eigenvalue weighted by molar-refractivity contribution is -0.147. The summed E-state index contributed by atoms with van der Waals surface area (Å²) in [5, 5.41) is 0. The van der Waals surface area contributed by atoms with Gasteiger partial charge < -0.3 is 9.64 Å². The highest BCUT2D eigenvalue weighted by Gasteiger charge is 2.29. The van der Waals surface area contributed by atoms with Gasteiger partial charge >= 0.3 is 5.97 Å². The number of hydrogen-bond acceptors (Lipinski definition) is 3. The van der Waals surface area contributed by atoms with Gasteiger partial charge in [0.15, 0.2) is 0 Å². The lowest BCUT2D eigenvalue weighted by atomic mass is 9.82. The minimum absolute atomic E-state index is 0.0232. The third-order valence-corrected chi connectivity index (χ3v) is 3.85. The molecule has 0 spiro atoms. The molecule has 0 bridgehead atoms. The highest BCUT2D eigenvalue weighted by molar-refractivity contribution is 5.93. The minimum atomic E-state index is -0.100. The molecular weight excluding hydrogens is 230 g/mol. The summed E-state index contributed by atoms with van der Waals surface area (Å²) >= 11 is 0. The first kappa shape index (κ1) is 12.9. The molecule has 0 atom stereocenters. The molecule has 98 valence electrons. The lowest BCUT2D eigenvalue weighted by Crippen LogP contribution is -2.33. The van der Waals surface area contributed by atoms with Gasteiger partial charge in [0.2, 0.25) is 0 Å². The summed E-state index contributed by atoms with van der Waals surface area (Å²) in [7, 11) is 1.44. The second-order valence-electron chi connectivity index (χ2n) is 5.01. The Bertz CT molecular complexity index is 374. The number of ether oxygens (including phenoxy) is 1. The van der Waals surface area contributed by atoms with Gasteiger partial charge in [-0.2, -0.15) is 0 Å². The Hall–Kier alpha value is -1.58. The number of allylic oxidation sites excluding steroid dienone is 1. The predicted molar refractivity (Wildman–Crippen MR) is 67.5 cm³/mol. The van der Waals surface area contributed by atoms with E-state index in [0.29, 0.717) is 5.92 Å². The van der Waals surface area contributed by atoms with Gasteiger partial charge in [-0.1, -0.05) is 6.58 Å². The molecule has 1 saturated carbocycles. The van der Waals surface area contributed by atoms with Crippen LogP contribution in [0.3, 0.4) is 0 Å². The number of carbonyl (C=O) groups excluding carboxylic acids is 2. The van der Waals surface area contributed by atoms with E-state index >= 15 is 0 Å². The van der Waals surface area contributed by atoms with Crippen molar-refractivity contribution in [3.8, 4) is 0 Å².